The Morgan fingerprint density at radius 1 is 1.23 bits per heavy atom. The lowest BCUT2D eigenvalue weighted by atomic mass is 9.91. The molecular formula is C18H26O4. The maximum atomic E-state index is 11.6. The van der Waals surface area contributed by atoms with Crippen LogP contribution in [0, 0.1) is 23.7 Å². The molecule has 1 saturated carbocycles. The fourth-order valence-corrected chi connectivity index (χ4v) is 2.77. The summed E-state index contributed by atoms with van der Waals surface area (Å²) in [7, 11) is 0. The van der Waals surface area contributed by atoms with Crippen LogP contribution in [0.25, 0.3) is 0 Å². The lowest BCUT2D eigenvalue weighted by Gasteiger charge is -2.16. The summed E-state index contributed by atoms with van der Waals surface area (Å²) in [5, 5.41) is 18.6. The van der Waals surface area contributed by atoms with Crippen molar-refractivity contribution in [3.63, 3.8) is 0 Å². The first-order chi connectivity index (χ1) is 10.5. The lowest BCUT2D eigenvalue weighted by molar-refractivity contribution is -0.137. The number of carboxylic acids is 1. The first-order valence-corrected chi connectivity index (χ1v) is 8.11. The zero-order valence-corrected chi connectivity index (χ0v) is 13.3. The van der Waals surface area contributed by atoms with Gasteiger partial charge in [0, 0.05) is 31.6 Å². The Bertz CT molecular complexity index is 455. The van der Waals surface area contributed by atoms with Crippen molar-refractivity contribution in [3.05, 3.63) is 12.2 Å². The molecule has 0 saturated heterocycles. The highest BCUT2D eigenvalue weighted by atomic mass is 16.4. The molecule has 1 rings (SSSR count). The molecule has 1 aliphatic rings. The minimum absolute atomic E-state index is 0.0812. The van der Waals surface area contributed by atoms with E-state index in [-0.39, 0.29) is 30.1 Å². The molecule has 4 nitrogen and oxygen atoms in total. The molecule has 1 fully saturated rings. The van der Waals surface area contributed by atoms with Crippen molar-refractivity contribution in [1.29, 1.82) is 0 Å². The monoisotopic (exact) mass is 306 g/mol. The van der Waals surface area contributed by atoms with Gasteiger partial charge in [-0.3, -0.25) is 9.59 Å². The maximum Gasteiger partial charge on any atom is 0.303 e. The van der Waals surface area contributed by atoms with Crippen LogP contribution in [0.15, 0.2) is 12.2 Å². The fourth-order valence-electron chi connectivity index (χ4n) is 2.77. The number of aliphatic hydroxyl groups is 1. The van der Waals surface area contributed by atoms with Gasteiger partial charge in [0.2, 0.25) is 0 Å². The molecule has 4 heteroatoms. The topological polar surface area (TPSA) is 74.6 Å². The number of unbranched alkanes of at least 4 members (excludes halogenated alkanes) is 1. The van der Waals surface area contributed by atoms with E-state index in [4.69, 9.17) is 5.11 Å². The summed E-state index contributed by atoms with van der Waals surface area (Å²) in [6.45, 7) is 1.98. The van der Waals surface area contributed by atoms with Crippen LogP contribution in [0.5, 0.6) is 0 Å². The summed E-state index contributed by atoms with van der Waals surface area (Å²) in [4.78, 5) is 21.9. The van der Waals surface area contributed by atoms with Gasteiger partial charge in [0.15, 0.2) is 5.78 Å². The molecule has 3 unspecified atom stereocenters. The number of aliphatic hydroxyl groups excluding tert-OH is 1. The SMILES string of the molecule is CCCC(=O)/C=C/C1CCC(O)C1CC#CCCCC(=O)O. The molecular weight excluding hydrogens is 280 g/mol. The highest BCUT2D eigenvalue weighted by Crippen LogP contribution is 2.35. The van der Waals surface area contributed by atoms with Crippen molar-refractivity contribution in [1.82, 2.24) is 0 Å². The largest absolute Gasteiger partial charge is 0.481 e. The molecule has 0 heterocycles. The molecule has 0 spiro atoms. The van der Waals surface area contributed by atoms with Crippen molar-refractivity contribution in [2.24, 2.45) is 11.8 Å². The minimum Gasteiger partial charge on any atom is -0.481 e. The molecule has 22 heavy (non-hydrogen) atoms. The quantitative estimate of drug-likeness (QED) is 0.411. The van der Waals surface area contributed by atoms with Crippen molar-refractivity contribution >= 4 is 11.8 Å². The van der Waals surface area contributed by atoms with E-state index in [9.17, 15) is 14.7 Å². The van der Waals surface area contributed by atoms with Crippen LogP contribution in [0.2, 0.25) is 0 Å². The van der Waals surface area contributed by atoms with Crippen LogP contribution >= 0.6 is 0 Å². The Morgan fingerprint density at radius 2 is 2.00 bits per heavy atom. The first kappa shape index (κ1) is 18.4. The van der Waals surface area contributed by atoms with Crippen molar-refractivity contribution in [2.45, 2.75) is 64.4 Å². The van der Waals surface area contributed by atoms with Gasteiger partial charge < -0.3 is 10.2 Å². The number of carboxylic acid groups (broad SMARTS) is 1. The van der Waals surface area contributed by atoms with Crippen molar-refractivity contribution in [3.8, 4) is 11.8 Å². The van der Waals surface area contributed by atoms with Gasteiger partial charge in [0.05, 0.1) is 6.10 Å². The van der Waals surface area contributed by atoms with E-state index in [1.165, 1.54) is 0 Å². The van der Waals surface area contributed by atoms with Crippen LogP contribution in [0.1, 0.15) is 58.3 Å². The number of rotatable bonds is 8. The van der Waals surface area contributed by atoms with Gasteiger partial charge in [-0.15, -0.1) is 11.8 Å². The van der Waals surface area contributed by atoms with Crippen LogP contribution < -0.4 is 0 Å². The van der Waals surface area contributed by atoms with Crippen molar-refractivity contribution < 1.29 is 19.8 Å². The number of carbonyl (C=O) groups excluding carboxylic acids is 1. The van der Waals surface area contributed by atoms with E-state index in [0.717, 1.165) is 19.3 Å². The van der Waals surface area contributed by atoms with Crippen LogP contribution in [0.4, 0.5) is 0 Å². The van der Waals surface area contributed by atoms with Crippen LogP contribution in [-0.2, 0) is 9.59 Å². The third-order valence-electron chi connectivity index (χ3n) is 4.02. The van der Waals surface area contributed by atoms with Crippen LogP contribution in [-0.4, -0.2) is 28.1 Å². The molecule has 122 valence electrons. The molecule has 0 radical (unpaired) electrons. The Balaban J connectivity index is 2.43. The predicted octanol–water partition coefficient (Wildman–Crippen LogP) is 2.95. The maximum absolute atomic E-state index is 11.6. The van der Waals surface area contributed by atoms with E-state index >= 15 is 0 Å². The van der Waals surface area contributed by atoms with Gasteiger partial charge >= 0.3 is 5.97 Å². The highest BCUT2D eigenvalue weighted by molar-refractivity contribution is 5.89. The summed E-state index contributed by atoms with van der Waals surface area (Å²) >= 11 is 0. The highest BCUT2D eigenvalue weighted by Gasteiger charge is 2.32. The number of ketones is 1. The van der Waals surface area contributed by atoms with Gasteiger partial charge in [-0.05, 0) is 37.7 Å². The normalized spacial score (nSPS) is 24.2. The molecule has 3 atom stereocenters. The standard InChI is InChI=1S/C18H26O4/c1-2-7-15(19)12-10-14-11-13-17(20)16(14)8-5-3-4-6-9-18(21)22/h10,12,14,16-17,20H,2,4,6-9,11,13H2,1H3,(H,21,22)/b12-10+. The van der Waals surface area contributed by atoms with Gasteiger partial charge in [0.1, 0.15) is 0 Å². The van der Waals surface area contributed by atoms with Gasteiger partial charge in [-0.2, -0.15) is 0 Å². The summed E-state index contributed by atoms with van der Waals surface area (Å²) in [6, 6.07) is 0. The lowest BCUT2D eigenvalue weighted by Crippen LogP contribution is -2.17. The van der Waals surface area contributed by atoms with Crippen molar-refractivity contribution in [2.75, 3.05) is 0 Å². The second-order valence-electron chi connectivity index (χ2n) is 5.85. The molecule has 0 aromatic carbocycles. The summed E-state index contributed by atoms with van der Waals surface area (Å²) < 4.78 is 0. The Morgan fingerprint density at radius 3 is 2.68 bits per heavy atom. The van der Waals surface area contributed by atoms with E-state index in [0.29, 0.717) is 25.7 Å². The Hall–Kier alpha value is -1.60. The molecule has 2 N–H and O–H groups in total. The van der Waals surface area contributed by atoms with E-state index < -0.39 is 5.97 Å². The molecule has 0 aromatic rings. The number of carbonyl (C=O) groups is 2. The van der Waals surface area contributed by atoms with Gasteiger partial charge in [-0.1, -0.05) is 13.0 Å². The molecule has 0 bridgehead atoms. The third-order valence-corrected chi connectivity index (χ3v) is 4.02. The average molecular weight is 306 g/mol. The van der Waals surface area contributed by atoms with Crippen LogP contribution in [0.3, 0.4) is 0 Å². The predicted molar refractivity (Wildman–Crippen MR) is 85.2 cm³/mol. The van der Waals surface area contributed by atoms with Gasteiger partial charge in [-0.25, -0.2) is 0 Å². The second-order valence-corrected chi connectivity index (χ2v) is 5.85. The summed E-state index contributed by atoms with van der Waals surface area (Å²) in [5.41, 5.74) is 0. The first-order valence-electron chi connectivity index (χ1n) is 8.11. The molecule has 0 aliphatic heterocycles. The second kappa shape index (κ2) is 10.2. The number of allylic oxidation sites excluding steroid dienone is 2. The summed E-state index contributed by atoms with van der Waals surface area (Å²) in [5.74, 6) is 5.67. The van der Waals surface area contributed by atoms with E-state index in [1.807, 2.05) is 13.0 Å². The summed E-state index contributed by atoms with van der Waals surface area (Å²) in [6.07, 6.45) is 8.17. The zero-order valence-electron chi connectivity index (χ0n) is 13.3. The Labute approximate surface area is 132 Å². The third kappa shape index (κ3) is 6.91. The molecule has 0 aromatic heterocycles. The molecule has 1 aliphatic carbocycles. The minimum atomic E-state index is -0.796. The smallest absolute Gasteiger partial charge is 0.303 e. The van der Waals surface area contributed by atoms with E-state index in [2.05, 4.69) is 11.8 Å². The van der Waals surface area contributed by atoms with Gasteiger partial charge in [0.25, 0.3) is 0 Å². The molecule has 0 amide bonds. The Kier molecular flexibility index (Phi) is 8.54. The fraction of sp³-hybridized carbons (Fsp3) is 0.667. The number of hydrogen-bond acceptors (Lipinski definition) is 3. The van der Waals surface area contributed by atoms with E-state index in [1.54, 1.807) is 6.08 Å². The average Bonchev–Trinajstić information content (AvgIpc) is 2.81. The number of aliphatic carboxylic acids is 1. The zero-order chi connectivity index (χ0) is 16.4. The number of hydrogen-bond donors (Lipinski definition) is 2.